The number of rotatable bonds is 5. The Bertz CT molecular complexity index is 328. The molecule has 0 aliphatic heterocycles. The first-order valence-electron chi connectivity index (χ1n) is 5.10. The van der Waals surface area contributed by atoms with E-state index in [1.165, 1.54) is 18.3 Å². The molecule has 82 valence electrons. The van der Waals surface area contributed by atoms with Crippen molar-refractivity contribution >= 4 is 5.91 Å². The summed E-state index contributed by atoms with van der Waals surface area (Å²) in [7, 11) is 0. The highest BCUT2D eigenvalue weighted by Gasteiger charge is 2.04. The molecule has 0 atom stereocenters. The highest BCUT2D eigenvalue weighted by molar-refractivity contribution is 5.75. The van der Waals surface area contributed by atoms with Crippen LogP contribution in [0.1, 0.15) is 31.9 Å². The van der Waals surface area contributed by atoms with Crippen molar-refractivity contribution in [2.75, 3.05) is 0 Å². The van der Waals surface area contributed by atoms with Gasteiger partial charge in [0.1, 0.15) is 5.82 Å². The van der Waals surface area contributed by atoms with E-state index in [1.54, 1.807) is 0 Å². The fraction of sp³-hybridized carbons (Fsp3) is 0.455. The molecular formula is C11H15FN2O. The number of nitrogens with zero attached hydrogens (tertiary/aromatic N) is 1. The maximum absolute atomic E-state index is 13.1. The highest BCUT2D eigenvalue weighted by atomic mass is 19.1. The number of carbonyl (C=O) groups excluding carboxylic acids is 1. The van der Waals surface area contributed by atoms with Gasteiger partial charge >= 0.3 is 0 Å². The van der Waals surface area contributed by atoms with Crippen LogP contribution in [0.5, 0.6) is 0 Å². The van der Waals surface area contributed by atoms with Crippen LogP contribution in [0.2, 0.25) is 0 Å². The van der Waals surface area contributed by atoms with Gasteiger partial charge in [0, 0.05) is 12.6 Å². The van der Waals surface area contributed by atoms with Gasteiger partial charge in [0.2, 0.25) is 5.91 Å². The van der Waals surface area contributed by atoms with Gasteiger partial charge in [-0.15, -0.1) is 0 Å². The van der Waals surface area contributed by atoms with Gasteiger partial charge in [-0.05, 0) is 18.6 Å². The van der Waals surface area contributed by atoms with E-state index < -0.39 is 0 Å². The number of aromatic nitrogens is 1. The van der Waals surface area contributed by atoms with E-state index >= 15 is 0 Å². The summed E-state index contributed by atoms with van der Waals surface area (Å²) in [4.78, 5) is 15.1. The third-order valence-electron chi connectivity index (χ3n) is 2.05. The van der Waals surface area contributed by atoms with Crippen LogP contribution < -0.4 is 5.32 Å². The molecule has 1 aromatic rings. The summed E-state index contributed by atoms with van der Waals surface area (Å²) in [5.41, 5.74) is 0.280. The maximum atomic E-state index is 13.1. The molecule has 1 rings (SSSR count). The van der Waals surface area contributed by atoms with Crippen LogP contribution in [0, 0.1) is 5.82 Å². The van der Waals surface area contributed by atoms with Crippen LogP contribution in [-0.4, -0.2) is 10.9 Å². The molecule has 0 radical (unpaired) electrons. The number of halogens is 1. The first kappa shape index (κ1) is 11.6. The van der Waals surface area contributed by atoms with Gasteiger partial charge in [-0.1, -0.05) is 13.3 Å². The van der Waals surface area contributed by atoms with Gasteiger partial charge in [-0.2, -0.15) is 0 Å². The molecule has 3 nitrogen and oxygen atoms in total. The summed E-state index contributed by atoms with van der Waals surface area (Å²) >= 11 is 0. The average molecular weight is 210 g/mol. The fourth-order valence-corrected chi connectivity index (χ4v) is 1.16. The SMILES string of the molecule is CCCCC(=O)NCc1ncccc1F. The molecule has 1 heterocycles. The number of pyridine rings is 1. The topological polar surface area (TPSA) is 42.0 Å². The zero-order valence-electron chi connectivity index (χ0n) is 8.79. The highest BCUT2D eigenvalue weighted by Crippen LogP contribution is 2.02. The summed E-state index contributed by atoms with van der Waals surface area (Å²) in [5.74, 6) is -0.435. The van der Waals surface area contributed by atoms with Gasteiger partial charge in [0.15, 0.2) is 0 Å². The minimum atomic E-state index is -0.381. The largest absolute Gasteiger partial charge is 0.350 e. The number of carbonyl (C=O) groups is 1. The van der Waals surface area contributed by atoms with Crippen LogP contribution in [0.15, 0.2) is 18.3 Å². The van der Waals surface area contributed by atoms with E-state index in [9.17, 15) is 9.18 Å². The zero-order valence-corrected chi connectivity index (χ0v) is 8.79. The van der Waals surface area contributed by atoms with Crippen LogP contribution >= 0.6 is 0 Å². The van der Waals surface area contributed by atoms with E-state index in [0.29, 0.717) is 6.42 Å². The molecule has 0 aromatic carbocycles. The summed E-state index contributed by atoms with van der Waals surface area (Å²) in [6.07, 6.45) is 3.84. The summed E-state index contributed by atoms with van der Waals surface area (Å²) in [6.45, 7) is 2.18. The first-order valence-corrected chi connectivity index (χ1v) is 5.10. The summed E-state index contributed by atoms with van der Waals surface area (Å²) in [6, 6.07) is 2.86. The van der Waals surface area contributed by atoms with Crippen molar-refractivity contribution in [1.29, 1.82) is 0 Å². The molecule has 0 unspecified atom stereocenters. The minimum Gasteiger partial charge on any atom is -0.350 e. The van der Waals surface area contributed by atoms with Crippen LogP contribution in [-0.2, 0) is 11.3 Å². The lowest BCUT2D eigenvalue weighted by Gasteiger charge is -2.04. The second kappa shape index (κ2) is 6.11. The van der Waals surface area contributed by atoms with Crippen LogP contribution in [0.4, 0.5) is 4.39 Å². The number of amides is 1. The Kier molecular flexibility index (Phi) is 4.74. The number of unbranched alkanes of at least 4 members (excludes halogenated alkanes) is 1. The van der Waals surface area contributed by atoms with Gasteiger partial charge < -0.3 is 5.32 Å². The van der Waals surface area contributed by atoms with Crippen molar-refractivity contribution in [3.8, 4) is 0 Å². The van der Waals surface area contributed by atoms with Gasteiger partial charge in [0.25, 0.3) is 0 Å². The Hall–Kier alpha value is -1.45. The molecule has 0 aliphatic rings. The molecule has 4 heteroatoms. The summed E-state index contributed by atoms with van der Waals surface area (Å²) < 4.78 is 13.1. The number of hydrogen-bond acceptors (Lipinski definition) is 2. The Labute approximate surface area is 88.7 Å². The fourth-order valence-electron chi connectivity index (χ4n) is 1.16. The molecule has 0 spiro atoms. The molecule has 0 fully saturated rings. The monoisotopic (exact) mass is 210 g/mol. The molecule has 1 aromatic heterocycles. The Balaban J connectivity index is 2.37. The number of nitrogens with one attached hydrogen (secondary N) is 1. The lowest BCUT2D eigenvalue weighted by molar-refractivity contribution is -0.121. The molecule has 0 saturated heterocycles. The standard InChI is InChI=1S/C11H15FN2O/c1-2-3-6-11(15)14-8-10-9(12)5-4-7-13-10/h4-5,7H,2-3,6,8H2,1H3,(H,14,15). The predicted molar refractivity (Wildman–Crippen MR) is 55.6 cm³/mol. The van der Waals surface area contributed by atoms with E-state index in [0.717, 1.165) is 12.8 Å². The Morgan fingerprint density at radius 1 is 1.60 bits per heavy atom. The molecule has 15 heavy (non-hydrogen) atoms. The van der Waals surface area contributed by atoms with Crippen molar-refractivity contribution in [3.05, 3.63) is 29.8 Å². The second-order valence-corrected chi connectivity index (χ2v) is 3.31. The lowest BCUT2D eigenvalue weighted by Crippen LogP contribution is -2.23. The first-order chi connectivity index (χ1) is 7.24. The molecule has 0 aliphatic carbocycles. The van der Waals surface area contributed by atoms with Crippen LogP contribution in [0.25, 0.3) is 0 Å². The van der Waals surface area contributed by atoms with E-state index in [2.05, 4.69) is 10.3 Å². The van der Waals surface area contributed by atoms with E-state index in [-0.39, 0.29) is 24.0 Å². The minimum absolute atomic E-state index is 0.0538. The average Bonchev–Trinajstić information content (AvgIpc) is 2.25. The van der Waals surface area contributed by atoms with Crippen molar-refractivity contribution < 1.29 is 9.18 Å². The van der Waals surface area contributed by atoms with Gasteiger partial charge in [-0.3, -0.25) is 9.78 Å². The van der Waals surface area contributed by atoms with Gasteiger partial charge in [-0.25, -0.2) is 4.39 Å². The van der Waals surface area contributed by atoms with Crippen molar-refractivity contribution in [2.45, 2.75) is 32.7 Å². The van der Waals surface area contributed by atoms with Crippen molar-refractivity contribution in [1.82, 2.24) is 10.3 Å². The maximum Gasteiger partial charge on any atom is 0.220 e. The van der Waals surface area contributed by atoms with E-state index in [4.69, 9.17) is 0 Å². The third kappa shape index (κ3) is 4.06. The second-order valence-electron chi connectivity index (χ2n) is 3.31. The van der Waals surface area contributed by atoms with E-state index in [1.807, 2.05) is 6.92 Å². The normalized spacial score (nSPS) is 10.0. The van der Waals surface area contributed by atoms with Gasteiger partial charge in [0.05, 0.1) is 12.2 Å². The van der Waals surface area contributed by atoms with Crippen molar-refractivity contribution in [3.63, 3.8) is 0 Å². The molecule has 1 amide bonds. The third-order valence-corrected chi connectivity index (χ3v) is 2.05. The molecule has 0 saturated carbocycles. The van der Waals surface area contributed by atoms with Crippen LogP contribution in [0.3, 0.4) is 0 Å². The molecule has 0 bridgehead atoms. The number of hydrogen-bond donors (Lipinski definition) is 1. The predicted octanol–water partition coefficient (Wildman–Crippen LogP) is 2.03. The molecular weight excluding hydrogens is 195 g/mol. The Morgan fingerprint density at radius 2 is 2.40 bits per heavy atom. The smallest absolute Gasteiger partial charge is 0.220 e. The zero-order chi connectivity index (χ0) is 11.1. The lowest BCUT2D eigenvalue weighted by atomic mass is 10.2. The van der Waals surface area contributed by atoms with Crippen molar-refractivity contribution in [2.24, 2.45) is 0 Å². The summed E-state index contributed by atoms with van der Waals surface area (Å²) in [5, 5.41) is 2.63. The quantitative estimate of drug-likeness (QED) is 0.808. The molecule has 1 N–H and O–H groups in total. The Morgan fingerprint density at radius 3 is 3.07 bits per heavy atom.